The fourth-order valence-corrected chi connectivity index (χ4v) is 1.41. The van der Waals surface area contributed by atoms with E-state index in [-0.39, 0.29) is 11.7 Å². The molecule has 0 radical (unpaired) electrons. The number of hydrogen-bond acceptors (Lipinski definition) is 4. The topological polar surface area (TPSA) is 54.5 Å². The van der Waals surface area contributed by atoms with E-state index >= 15 is 0 Å². The summed E-state index contributed by atoms with van der Waals surface area (Å²) < 4.78 is 0. The lowest BCUT2D eigenvalue weighted by atomic mass is 9.99. The van der Waals surface area contributed by atoms with E-state index in [1.807, 2.05) is 4.90 Å². The minimum Gasteiger partial charge on any atom is -0.303 e. The number of nitrogens with zero attached hydrogens (tertiary/aromatic N) is 1. The summed E-state index contributed by atoms with van der Waals surface area (Å²) in [5, 5.41) is 0. The smallest absolute Gasteiger partial charge is 0.133 e. The number of hydrogen-bond donors (Lipinski definition) is 0. The van der Waals surface area contributed by atoms with Gasteiger partial charge in [0.25, 0.3) is 0 Å². The van der Waals surface area contributed by atoms with E-state index in [0.29, 0.717) is 25.9 Å². The summed E-state index contributed by atoms with van der Waals surface area (Å²) in [6.07, 6.45) is 2.42. The maximum atomic E-state index is 10.9. The van der Waals surface area contributed by atoms with Crippen molar-refractivity contribution in [2.45, 2.75) is 19.8 Å². The summed E-state index contributed by atoms with van der Waals surface area (Å²) in [4.78, 5) is 33.2. The van der Waals surface area contributed by atoms with E-state index < -0.39 is 0 Å². The minimum absolute atomic E-state index is 0.0370. The Bertz CT molecular complexity index is 204. The van der Waals surface area contributed by atoms with Gasteiger partial charge in [0.2, 0.25) is 0 Å². The summed E-state index contributed by atoms with van der Waals surface area (Å²) >= 11 is 0. The lowest BCUT2D eigenvalue weighted by Crippen LogP contribution is -2.28. The van der Waals surface area contributed by atoms with Crippen molar-refractivity contribution >= 4 is 18.4 Å². The van der Waals surface area contributed by atoms with Crippen LogP contribution in [0.3, 0.4) is 0 Å². The van der Waals surface area contributed by atoms with Crippen molar-refractivity contribution in [3.05, 3.63) is 0 Å². The molecular weight excluding hydrogens is 182 g/mol. The third-order valence-corrected chi connectivity index (χ3v) is 1.96. The van der Waals surface area contributed by atoms with Crippen LogP contribution in [-0.2, 0) is 14.4 Å². The fraction of sp³-hybridized carbons (Fsp3) is 0.700. The second-order valence-electron chi connectivity index (χ2n) is 3.56. The van der Waals surface area contributed by atoms with Gasteiger partial charge in [0.1, 0.15) is 18.4 Å². The molecule has 0 amide bonds. The van der Waals surface area contributed by atoms with Crippen LogP contribution in [0.15, 0.2) is 0 Å². The molecule has 0 saturated carbocycles. The van der Waals surface area contributed by atoms with Gasteiger partial charge in [-0.25, -0.2) is 0 Å². The normalized spacial score (nSPS) is 12.5. The van der Waals surface area contributed by atoms with E-state index in [2.05, 4.69) is 0 Å². The highest BCUT2D eigenvalue weighted by atomic mass is 16.1. The minimum atomic E-state index is 0.0370. The Kier molecular flexibility index (Phi) is 6.84. The zero-order valence-electron chi connectivity index (χ0n) is 8.73. The Morgan fingerprint density at radius 3 is 2.43 bits per heavy atom. The molecule has 0 heterocycles. The van der Waals surface area contributed by atoms with Crippen molar-refractivity contribution in [2.24, 2.45) is 5.92 Å². The lowest BCUT2D eigenvalue weighted by molar-refractivity contribution is -0.118. The van der Waals surface area contributed by atoms with Gasteiger partial charge in [-0.3, -0.25) is 4.90 Å². The van der Waals surface area contributed by atoms with Crippen molar-refractivity contribution in [3.8, 4) is 0 Å². The van der Waals surface area contributed by atoms with Gasteiger partial charge in [0.05, 0.1) is 6.54 Å². The Morgan fingerprint density at radius 2 is 2.00 bits per heavy atom. The number of carbonyl (C=O) groups excluding carboxylic acids is 3. The first-order valence-corrected chi connectivity index (χ1v) is 4.65. The first-order valence-electron chi connectivity index (χ1n) is 4.65. The Morgan fingerprint density at radius 1 is 1.36 bits per heavy atom. The van der Waals surface area contributed by atoms with Gasteiger partial charge in [-0.1, -0.05) is 0 Å². The first-order chi connectivity index (χ1) is 6.60. The molecule has 80 valence electrons. The van der Waals surface area contributed by atoms with E-state index in [0.717, 1.165) is 12.6 Å². The van der Waals surface area contributed by atoms with Crippen LogP contribution in [0.2, 0.25) is 0 Å². The zero-order chi connectivity index (χ0) is 11.0. The summed E-state index contributed by atoms with van der Waals surface area (Å²) in [7, 11) is 1.80. The molecule has 0 aromatic carbocycles. The van der Waals surface area contributed by atoms with Crippen LogP contribution in [0.5, 0.6) is 0 Å². The first kappa shape index (κ1) is 13.0. The second-order valence-corrected chi connectivity index (χ2v) is 3.56. The van der Waals surface area contributed by atoms with Gasteiger partial charge < -0.3 is 14.4 Å². The summed E-state index contributed by atoms with van der Waals surface area (Å²) in [6.45, 7) is 2.46. The van der Waals surface area contributed by atoms with Gasteiger partial charge in [0, 0.05) is 19.4 Å². The Balaban J connectivity index is 3.99. The van der Waals surface area contributed by atoms with E-state index in [4.69, 9.17) is 0 Å². The average Bonchev–Trinajstić information content (AvgIpc) is 2.03. The SMILES string of the molecule is CC(=O)CC(CC=O)CN(C)CC=O. The molecule has 0 aliphatic rings. The van der Waals surface area contributed by atoms with E-state index in [9.17, 15) is 14.4 Å². The number of aldehydes is 2. The standard InChI is InChI=1S/C10H17NO3/c1-9(14)7-10(3-5-12)8-11(2)4-6-13/h5-6,10H,3-4,7-8H2,1-2H3. The quantitative estimate of drug-likeness (QED) is 0.528. The predicted molar refractivity (Wildman–Crippen MR) is 53.0 cm³/mol. The molecule has 14 heavy (non-hydrogen) atoms. The van der Waals surface area contributed by atoms with Gasteiger partial charge >= 0.3 is 0 Å². The molecule has 0 fully saturated rings. The van der Waals surface area contributed by atoms with Crippen molar-refractivity contribution in [1.82, 2.24) is 4.90 Å². The molecule has 1 unspecified atom stereocenters. The van der Waals surface area contributed by atoms with Gasteiger partial charge in [-0.2, -0.15) is 0 Å². The average molecular weight is 199 g/mol. The summed E-state index contributed by atoms with van der Waals surface area (Å²) in [5.74, 6) is 0.117. The third-order valence-electron chi connectivity index (χ3n) is 1.96. The largest absolute Gasteiger partial charge is 0.303 e. The van der Waals surface area contributed by atoms with Gasteiger partial charge in [-0.05, 0) is 19.9 Å². The highest BCUT2D eigenvalue weighted by Crippen LogP contribution is 2.08. The van der Waals surface area contributed by atoms with Crippen molar-refractivity contribution in [2.75, 3.05) is 20.1 Å². The molecule has 0 spiro atoms. The maximum absolute atomic E-state index is 10.9. The molecule has 4 nitrogen and oxygen atoms in total. The molecule has 0 aliphatic carbocycles. The lowest BCUT2D eigenvalue weighted by Gasteiger charge is -2.19. The van der Waals surface area contributed by atoms with E-state index in [1.54, 1.807) is 7.05 Å². The maximum Gasteiger partial charge on any atom is 0.133 e. The molecule has 0 rings (SSSR count). The monoisotopic (exact) mass is 199 g/mol. The van der Waals surface area contributed by atoms with Crippen LogP contribution in [-0.4, -0.2) is 43.4 Å². The molecule has 0 N–H and O–H groups in total. The molecule has 0 aromatic rings. The molecule has 0 bridgehead atoms. The van der Waals surface area contributed by atoms with Crippen LogP contribution in [0.4, 0.5) is 0 Å². The van der Waals surface area contributed by atoms with Gasteiger partial charge in [-0.15, -0.1) is 0 Å². The molecule has 0 saturated heterocycles. The Labute approximate surface area is 84.3 Å². The van der Waals surface area contributed by atoms with Crippen LogP contribution in [0, 0.1) is 5.92 Å². The van der Waals surface area contributed by atoms with E-state index in [1.165, 1.54) is 6.92 Å². The van der Waals surface area contributed by atoms with Crippen LogP contribution in [0.1, 0.15) is 19.8 Å². The molecule has 0 aromatic heterocycles. The highest BCUT2D eigenvalue weighted by molar-refractivity contribution is 5.76. The van der Waals surface area contributed by atoms with Crippen molar-refractivity contribution in [3.63, 3.8) is 0 Å². The molecule has 1 atom stereocenters. The number of rotatable bonds is 8. The number of ketones is 1. The van der Waals surface area contributed by atoms with Crippen molar-refractivity contribution in [1.29, 1.82) is 0 Å². The zero-order valence-corrected chi connectivity index (χ0v) is 8.73. The molecule has 4 heteroatoms. The van der Waals surface area contributed by atoms with Crippen LogP contribution >= 0.6 is 0 Å². The summed E-state index contributed by atoms with van der Waals surface area (Å²) in [6, 6.07) is 0. The summed E-state index contributed by atoms with van der Waals surface area (Å²) in [5.41, 5.74) is 0. The highest BCUT2D eigenvalue weighted by Gasteiger charge is 2.13. The number of carbonyl (C=O) groups is 3. The number of likely N-dealkylation sites (N-methyl/N-ethyl adjacent to an activating group) is 1. The third kappa shape index (κ3) is 6.48. The Hall–Kier alpha value is -1.03. The molecule has 0 aliphatic heterocycles. The second kappa shape index (κ2) is 7.38. The fourth-order valence-electron chi connectivity index (χ4n) is 1.41. The van der Waals surface area contributed by atoms with Crippen LogP contribution in [0.25, 0.3) is 0 Å². The molecular formula is C10H17NO3. The predicted octanol–water partition coefficient (Wildman–Crippen LogP) is 0.301. The van der Waals surface area contributed by atoms with Gasteiger partial charge in [0.15, 0.2) is 0 Å². The van der Waals surface area contributed by atoms with Crippen LogP contribution < -0.4 is 0 Å². The van der Waals surface area contributed by atoms with Crippen molar-refractivity contribution < 1.29 is 14.4 Å². The number of Topliss-reactive ketones (excluding diaryl/α,β-unsaturated/α-hetero) is 1.